The van der Waals surface area contributed by atoms with Crippen LogP contribution in [0.3, 0.4) is 0 Å². The minimum absolute atomic E-state index is 0.0163. The average Bonchev–Trinajstić information content (AvgIpc) is 2.48. The van der Waals surface area contributed by atoms with E-state index in [-0.39, 0.29) is 23.1 Å². The highest BCUT2D eigenvalue weighted by Gasteiger charge is 2.41. The van der Waals surface area contributed by atoms with Crippen molar-refractivity contribution in [2.24, 2.45) is 0 Å². The van der Waals surface area contributed by atoms with E-state index in [1.54, 1.807) is 0 Å². The van der Waals surface area contributed by atoms with Crippen LogP contribution in [0.5, 0.6) is 0 Å². The maximum absolute atomic E-state index is 12.3. The van der Waals surface area contributed by atoms with E-state index in [4.69, 9.17) is 0 Å². The molecule has 98 valence electrons. The second-order valence-corrected chi connectivity index (χ2v) is 7.77. The number of hydrogen-bond acceptors (Lipinski definition) is 3. The molecule has 1 fully saturated rings. The zero-order valence-electron chi connectivity index (χ0n) is 10.6. The molecule has 18 heavy (non-hydrogen) atoms. The van der Waals surface area contributed by atoms with Crippen LogP contribution in [0.2, 0.25) is 0 Å². The van der Waals surface area contributed by atoms with E-state index in [0.717, 1.165) is 19.3 Å². The van der Waals surface area contributed by atoms with Crippen molar-refractivity contribution in [2.45, 2.75) is 43.5 Å². The molecule has 3 nitrogen and oxygen atoms in total. The zero-order chi connectivity index (χ0) is 12.8. The summed E-state index contributed by atoms with van der Waals surface area (Å²) in [4.78, 5) is 0. The number of hydrogen-bond donors (Lipinski definition) is 1. The monoisotopic (exact) mass is 265 g/mol. The summed E-state index contributed by atoms with van der Waals surface area (Å²) < 4.78 is 24.7. The normalized spacial score (nSPS) is 34.2. The minimum atomic E-state index is -2.96. The Hall–Kier alpha value is -0.870. The smallest absolute Gasteiger partial charge is 0.156 e. The lowest BCUT2D eigenvalue weighted by molar-refractivity contribution is 0.409. The second kappa shape index (κ2) is 4.35. The molecule has 3 atom stereocenters. The first-order valence-corrected chi connectivity index (χ1v) is 8.35. The van der Waals surface area contributed by atoms with Crippen LogP contribution in [-0.4, -0.2) is 25.5 Å². The molecule has 0 saturated carbocycles. The van der Waals surface area contributed by atoms with E-state index in [1.165, 1.54) is 11.1 Å². The van der Waals surface area contributed by atoms with Crippen LogP contribution in [0.4, 0.5) is 0 Å². The summed E-state index contributed by atoms with van der Waals surface area (Å²) in [6.07, 6.45) is 2.74. The Labute approximate surface area is 109 Å². The van der Waals surface area contributed by atoms with Crippen molar-refractivity contribution in [3.8, 4) is 0 Å². The standard InChI is InChI=1S/C14H19NO2S/c1-10-9-18(16,17)13-8-4-6-11-5-2-3-7-12(11)14(13)15-10/h2-3,5,7,10,13-15H,4,6,8-9H2,1H3. The van der Waals surface area contributed by atoms with Gasteiger partial charge in [-0.1, -0.05) is 24.3 Å². The summed E-state index contributed by atoms with van der Waals surface area (Å²) in [6, 6.07) is 8.29. The van der Waals surface area contributed by atoms with Gasteiger partial charge in [0.2, 0.25) is 0 Å². The quantitative estimate of drug-likeness (QED) is 0.778. The maximum Gasteiger partial charge on any atom is 0.156 e. The van der Waals surface area contributed by atoms with Gasteiger partial charge in [-0.25, -0.2) is 8.42 Å². The number of sulfone groups is 1. The first-order chi connectivity index (χ1) is 8.58. The first kappa shape index (κ1) is 12.2. The van der Waals surface area contributed by atoms with Crippen LogP contribution in [0.1, 0.15) is 36.9 Å². The Morgan fingerprint density at radius 1 is 1.28 bits per heavy atom. The van der Waals surface area contributed by atoms with Crippen LogP contribution < -0.4 is 5.32 Å². The van der Waals surface area contributed by atoms with Crippen molar-refractivity contribution in [3.63, 3.8) is 0 Å². The highest BCUT2D eigenvalue weighted by Crippen LogP contribution is 2.36. The third-order valence-electron chi connectivity index (χ3n) is 4.10. The van der Waals surface area contributed by atoms with Crippen LogP contribution in [-0.2, 0) is 16.3 Å². The van der Waals surface area contributed by atoms with E-state index in [0.29, 0.717) is 0 Å². The van der Waals surface area contributed by atoms with Crippen molar-refractivity contribution < 1.29 is 8.42 Å². The van der Waals surface area contributed by atoms with Crippen LogP contribution in [0.25, 0.3) is 0 Å². The van der Waals surface area contributed by atoms with Gasteiger partial charge in [0.15, 0.2) is 9.84 Å². The van der Waals surface area contributed by atoms with Gasteiger partial charge in [0.1, 0.15) is 0 Å². The number of benzene rings is 1. The molecule has 0 bridgehead atoms. The zero-order valence-corrected chi connectivity index (χ0v) is 11.4. The van der Waals surface area contributed by atoms with Crippen molar-refractivity contribution >= 4 is 9.84 Å². The third kappa shape index (κ3) is 1.97. The van der Waals surface area contributed by atoms with Crippen molar-refractivity contribution in [1.82, 2.24) is 5.32 Å². The van der Waals surface area contributed by atoms with Gasteiger partial charge in [0.25, 0.3) is 0 Å². The summed E-state index contributed by atoms with van der Waals surface area (Å²) >= 11 is 0. The van der Waals surface area contributed by atoms with Gasteiger partial charge in [-0.15, -0.1) is 0 Å². The molecule has 1 saturated heterocycles. The predicted molar refractivity (Wildman–Crippen MR) is 72.3 cm³/mol. The molecule has 1 aliphatic heterocycles. The molecular formula is C14H19NO2S. The van der Waals surface area contributed by atoms with Gasteiger partial charge in [-0.3, -0.25) is 0 Å². The van der Waals surface area contributed by atoms with Crippen molar-refractivity contribution in [3.05, 3.63) is 35.4 Å². The Morgan fingerprint density at radius 3 is 2.89 bits per heavy atom. The summed E-state index contributed by atoms with van der Waals surface area (Å²) in [5, 5.41) is 3.25. The van der Waals surface area contributed by atoms with Gasteiger partial charge in [0, 0.05) is 12.1 Å². The van der Waals surface area contributed by atoms with Gasteiger partial charge >= 0.3 is 0 Å². The molecule has 1 heterocycles. The lowest BCUT2D eigenvalue weighted by Crippen LogP contribution is -2.51. The number of fused-ring (bicyclic) bond motifs is 3. The third-order valence-corrected chi connectivity index (χ3v) is 6.50. The van der Waals surface area contributed by atoms with Gasteiger partial charge in [-0.05, 0) is 37.3 Å². The SMILES string of the molecule is CC1CS(=O)(=O)C2CCCc3ccccc3C2N1. The fraction of sp³-hybridized carbons (Fsp3) is 0.571. The van der Waals surface area contributed by atoms with Gasteiger partial charge < -0.3 is 5.32 Å². The number of nitrogens with one attached hydrogen (secondary N) is 1. The molecule has 0 radical (unpaired) electrons. The lowest BCUT2D eigenvalue weighted by atomic mass is 9.98. The molecule has 1 N–H and O–H groups in total. The topological polar surface area (TPSA) is 46.2 Å². The number of aryl methyl sites for hydroxylation is 1. The van der Waals surface area contributed by atoms with Gasteiger partial charge in [0.05, 0.1) is 11.0 Å². The maximum atomic E-state index is 12.3. The molecule has 2 aliphatic rings. The molecular weight excluding hydrogens is 246 g/mol. The lowest BCUT2D eigenvalue weighted by Gasteiger charge is -2.35. The number of rotatable bonds is 0. The van der Waals surface area contributed by atoms with Crippen molar-refractivity contribution in [1.29, 1.82) is 0 Å². The highest BCUT2D eigenvalue weighted by atomic mass is 32.2. The van der Waals surface area contributed by atoms with E-state index >= 15 is 0 Å². The summed E-state index contributed by atoms with van der Waals surface area (Å²) in [5.41, 5.74) is 2.50. The Kier molecular flexibility index (Phi) is 2.94. The molecule has 1 aliphatic carbocycles. The molecule has 1 aromatic carbocycles. The largest absolute Gasteiger partial charge is 0.305 e. The van der Waals surface area contributed by atoms with E-state index in [1.807, 2.05) is 19.1 Å². The molecule has 3 unspecified atom stereocenters. The Bertz CT molecular complexity index is 553. The summed E-state index contributed by atoms with van der Waals surface area (Å²) in [6.45, 7) is 1.96. The first-order valence-electron chi connectivity index (χ1n) is 6.63. The molecule has 0 spiro atoms. The predicted octanol–water partition coefficient (Wildman–Crippen LogP) is 1.84. The van der Waals surface area contributed by atoms with Crippen LogP contribution in [0.15, 0.2) is 24.3 Å². The van der Waals surface area contributed by atoms with E-state index < -0.39 is 9.84 Å². The fourth-order valence-corrected chi connectivity index (χ4v) is 5.54. The van der Waals surface area contributed by atoms with Gasteiger partial charge in [-0.2, -0.15) is 0 Å². The summed E-state index contributed by atoms with van der Waals surface area (Å²) in [7, 11) is -2.96. The molecule has 0 aromatic heterocycles. The van der Waals surface area contributed by atoms with E-state index in [2.05, 4.69) is 17.4 Å². The Balaban J connectivity index is 2.10. The molecule has 4 heteroatoms. The summed E-state index contributed by atoms with van der Waals surface area (Å²) in [5.74, 6) is 0.274. The average molecular weight is 265 g/mol. The molecule has 3 rings (SSSR count). The molecule has 1 aromatic rings. The van der Waals surface area contributed by atoms with Crippen LogP contribution in [0, 0.1) is 0 Å². The minimum Gasteiger partial charge on any atom is -0.305 e. The molecule has 0 amide bonds. The highest BCUT2D eigenvalue weighted by molar-refractivity contribution is 7.92. The van der Waals surface area contributed by atoms with Crippen molar-refractivity contribution in [2.75, 3.05) is 5.75 Å². The fourth-order valence-electron chi connectivity index (χ4n) is 3.34. The van der Waals surface area contributed by atoms with Crippen LogP contribution >= 0.6 is 0 Å². The van der Waals surface area contributed by atoms with E-state index in [9.17, 15) is 8.42 Å². The Morgan fingerprint density at radius 2 is 2.06 bits per heavy atom. The second-order valence-electron chi connectivity index (χ2n) is 5.50.